The maximum absolute atomic E-state index is 14.3. The molecule has 25 heavy (non-hydrogen) atoms. The molecule has 0 bridgehead atoms. The topological polar surface area (TPSA) is 55.2 Å². The first-order chi connectivity index (χ1) is 12.1. The van der Waals surface area contributed by atoms with Crippen LogP contribution in [0.15, 0.2) is 54.9 Å². The maximum Gasteiger partial charge on any atom is 0.159 e. The van der Waals surface area contributed by atoms with E-state index in [-0.39, 0.29) is 17.7 Å². The lowest BCUT2D eigenvalue weighted by Gasteiger charge is -2.13. The SMILES string of the molecule is CCOC(C)c1ccc(-c2ncc(-c3ccc(O)cc3)cn2)cc1F. The molecule has 0 saturated carbocycles. The van der Waals surface area contributed by atoms with Gasteiger partial charge in [-0.05, 0) is 37.6 Å². The average Bonchev–Trinajstić information content (AvgIpc) is 2.62. The van der Waals surface area contributed by atoms with E-state index < -0.39 is 0 Å². The molecule has 0 amide bonds. The molecule has 1 aromatic heterocycles. The Balaban J connectivity index is 1.85. The number of hydrogen-bond acceptors (Lipinski definition) is 4. The monoisotopic (exact) mass is 338 g/mol. The number of ether oxygens (including phenoxy) is 1. The van der Waals surface area contributed by atoms with Crippen molar-refractivity contribution in [2.75, 3.05) is 6.61 Å². The van der Waals surface area contributed by atoms with Crippen LogP contribution in [0, 0.1) is 5.82 Å². The van der Waals surface area contributed by atoms with Gasteiger partial charge in [0.15, 0.2) is 5.82 Å². The molecule has 1 N–H and O–H groups in total. The molecule has 1 heterocycles. The Hall–Kier alpha value is -2.79. The van der Waals surface area contributed by atoms with E-state index in [2.05, 4.69) is 9.97 Å². The third-order valence-electron chi connectivity index (χ3n) is 3.97. The summed E-state index contributed by atoms with van der Waals surface area (Å²) in [5.74, 6) is 0.333. The second-order valence-corrected chi connectivity index (χ2v) is 5.68. The summed E-state index contributed by atoms with van der Waals surface area (Å²) >= 11 is 0. The predicted octanol–water partition coefficient (Wildman–Crippen LogP) is 4.75. The van der Waals surface area contributed by atoms with Gasteiger partial charge in [-0.2, -0.15) is 0 Å². The number of rotatable bonds is 5. The molecule has 3 rings (SSSR count). The molecule has 2 aromatic carbocycles. The standard InChI is InChI=1S/C20H19FN2O2/c1-3-25-13(2)18-9-6-15(10-19(18)21)20-22-11-16(12-23-20)14-4-7-17(24)8-5-14/h4-13,24H,3H2,1-2H3. The van der Waals surface area contributed by atoms with Gasteiger partial charge in [0.25, 0.3) is 0 Å². The van der Waals surface area contributed by atoms with Crippen molar-refractivity contribution in [3.63, 3.8) is 0 Å². The third-order valence-corrected chi connectivity index (χ3v) is 3.97. The van der Waals surface area contributed by atoms with Crippen LogP contribution < -0.4 is 0 Å². The third kappa shape index (κ3) is 3.83. The second kappa shape index (κ2) is 7.40. The molecule has 1 atom stereocenters. The van der Waals surface area contributed by atoms with Gasteiger partial charge in [0.05, 0.1) is 6.10 Å². The van der Waals surface area contributed by atoms with Crippen LogP contribution in [0.5, 0.6) is 5.75 Å². The molecule has 0 fully saturated rings. The van der Waals surface area contributed by atoms with E-state index in [4.69, 9.17) is 4.74 Å². The van der Waals surface area contributed by atoms with Gasteiger partial charge in [-0.25, -0.2) is 14.4 Å². The molecular weight excluding hydrogens is 319 g/mol. The zero-order valence-electron chi connectivity index (χ0n) is 14.1. The van der Waals surface area contributed by atoms with Crippen molar-refractivity contribution in [3.8, 4) is 28.3 Å². The lowest BCUT2D eigenvalue weighted by Crippen LogP contribution is -2.02. The summed E-state index contributed by atoms with van der Waals surface area (Å²) in [6.45, 7) is 4.24. The van der Waals surface area contributed by atoms with Gasteiger partial charge in [0.2, 0.25) is 0 Å². The molecule has 128 valence electrons. The first kappa shape index (κ1) is 17.0. The average molecular weight is 338 g/mol. The fraction of sp³-hybridized carbons (Fsp3) is 0.200. The van der Waals surface area contributed by atoms with Crippen molar-refractivity contribution in [2.45, 2.75) is 20.0 Å². The van der Waals surface area contributed by atoms with Gasteiger partial charge in [-0.3, -0.25) is 0 Å². The smallest absolute Gasteiger partial charge is 0.159 e. The first-order valence-corrected chi connectivity index (χ1v) is 8.11. The van der Waals surface area contributed by atoms with Gasteiger partial charge in [-0.15, -0.1) is 0 Å². The molecular formula is C20H19FN2O2. The fourth-order valence-electron chi connectivity index (χ4n) is 2.62. The number of hydrogen-bond donors (Lipinski definition) is 1. The maximum atomic E-state index is 14.3. The minimum absolute atomic E-state index is 0.207. The second-order valence-electron chi connectivity index (χ2n) is 5.68. The van der Waals surface area contributed by atoms with Crippen molar-refractivity contribution in [1.82, 2.24) is 9.97 Å². The number of phenols is 1. The van der Waals surface area contributed by atoms with E-state index in [0.717, 1.165) is 11.1 Å². The Bertz CT molecular complexity index is 849. The summed E-state index contributed by atoms with van der Waals surface area (Å²) in [6, 6.07) is 11.7. The van der Waals surface area contributed by atoms with Crippen LogP contribution in [-0.2, 0) is 4.74 Å². The number of aromatic hydroxyl groups is 1. The van der Waals surface area contributed by atoms with Gasteiger partial charge in [0, 0.05) is 35.7 Å². The van der Waals surface area contributed by atoms with E-state index in [1.165, 1.54) is 6.07 Å². The lowest BCUT2D eigenvalue weighted by molar-refractivity contribution is 0.0738. The molecule has 0 spiro atoms. The normalized spacial score (nSPS) is 12.1. The Morgan fingerprint density at radius 2 is 1.64 bits per heavy atom. The quantitative estimate of drug-likeness (QED) is 0.729. The number of nitrogens with zero attached hydrogens (tertiary/aromatic N) is 2. The largest absolute Gasteiger partial charge is 0.508 e. The fourth-order valence-corrected chi connectivity index (χ4v) is 2.62. The summed E-state index contributed by atoms with van der Waals surface area (Å²) in [4.78, 5) is 8.66. The minimum Gasteiger partial charge on any atom is -0.508 e. The van der Waals surface area contributed by atoms with Crippen molar-refractivity contribution < 1.29 is 14.2 Å². The van der Waals surface area contributed by atoms with Crippen LogP contribution in [0.1, 0.15) is 25.5 Å². The van der Waals surface area contributed by atoms with E-state index in [1.807, 2.05) is 13.8 Å². The van der Waals surface area contributed by atoms with Crippen LogP contribution in [-0.4, -0.2) is 21.7 Å². The number of aromatic nitrogens is 2. The lowest BCUT2D eigenvalue weighted by atomic mass is 10.1. The van der Waals surface area contributed by atoms with Crippen LogP contribution in [0.4, 0.5) is 4.39 Å². The van der Waals surface area contributed by atoms with E-state index in [1.54, 1.807) is 48.8 Å². The Morgan fingerprint density at radius 1 is 1.00 bits per heavy atom. The highest BCUT2D eigenvalue weighted by atomic mass is 19.1. The van der Waals surface area contributed by atoms with E-state index in [9.17, 15) is 9.50 Å². The Morgan fingerprint density at radius 3 is 2.24 bits per heavy atom. The van der Waals surface area contributed by atoms with Gasteiger partial charge in [0.1, 0.15) is 11.6 Å². The summed E-state index contributed by atoms with van der Waals surface area (Å²) in [6.07, 6.45) is 3.07. The molecule has 0 aliphatic rings. The molecule has 0 radical (unpaired) electrons. The van der Waals surface area contributed by atoms with Crippen molar-refractivity contribution >= 4 is 0 Å². The summed E-state index contributed by atoms with van der Waals surface area (Å²) in [5, 5.41) is 9.34. The summed E-state index contributed by atoms with van der Waals surface area (Å²) < 4.78 is 19.8. The molecule has 0 aliphatic carbocycles. The summed E-state index contributed by atoms with van der Waals surface area (Å²) in [7, 11) is 0. The molecule has 3 aromatic rings. The summed E-state index contributed by atoms with van der Waals surface area (Å²) in [5.41, 5.74) is 2.86. The zero-order chi connectivity index (χ0) is 17.8. The Kier molecular flexibility index (Phi) is 5.05. The molecule has 5 heteroatoms. The Labute approximate surface area is 146 Å². The number of halogens is 1. The van der Waals surface area contributed by atoms with Crippen LogP contribution >= 0.6 is 0 Å². The van der Waals surface area contributed by atoms with E-state index >= 15 is 0 Å². The van der Waals surface area contributed by atoms with Gasteiger partial charge in [-0.1, -0.05) is 24.3 Å². The van der Waals surface area contributed by atoms with Gasteiger partial charge >= 0.3 is 0 Å². The van der Waals surface area contributed by atoms with Crippen molar-refractivity contribution in [3.05, 3.63) is 66.2 Å². The first-order valence-electron chi connectivity index (χ1n) is 8.11. The van der Waals surface area contributed by atoms with Crippen LogP contribution in [0.3, 0.4) is 0 Å². The predicted molar refractivity (Wildman–Crippen MR) is 94.6 cm³/mol. The van der Waals surface area contributed by atoms with Crippen LogP contribution in [0.2, 0.25) is 0 Å². The zero-order valence-corrected chi connectivity index (χ0v) is 14.1. The highest BCUT2D eigenvalue weighted by molar-refractivity contribution is 5.64. The molecule has 0 aliphatic heterocycles. The number of phenolic OH excluding ortho intramolecular Hbond substituents is 1. The highest BCUT2D eigenvalue weighted by Gasteiger charge is 2.13. The van der Waals surface area contributed by atoms with Crippen LogP contribution in [0.25, 0.3) is 22.5 Å². The molecule has 1 unspecified atom stereocenters. The highest BCUT2D eigenvalue weighted by Crippen LogP contribution is 2.26. The molecule has 0 saturated heterocycles. The molecule has 4 nitrogen and oxygen atoms in total. The minimum atomic E-state index is -0.329. The van der Waals surface area contributed by atoms with Crippen molar-refractivity contribution in [1.29, 1.82) is 0 Å². The van der Waals surface area contributed by atoms with Crippen molar-refractivity contribution in [2.24, 2.45) is 0 Å². The van der Waals surface area contributed by atoms with Gasteiger partial charge < -0.3 is 9.84 Å². The van der Waals surface area contributed by atoms with E-state index in [0.29, 0.717) is 23.6 Å². The number of benzene rings is 2.